The fraction of sp³-hybridized carbons (Fsp3) is 0.545. The van der Waals surface area contributed by atoms with E-state index in [4.69, 9.17) is 19.8 Å². The molecule has 9 nitrogen and oxygen atoms in total. The van der Waals surface area contributed by atoms with Gasteiger partial charge in [-0.2, -0.15) is 0 Å². The number of aliphatic hydroxyl groups is 2. The van der Waals surface area contributed by atoms with E-state index in [1.807, 2.05) is 0 Å². The number of rotatable bonds is 8. The summed E-state index contributed by atoms with van der Waals surface area (Å²) in [6.07, 6.45) is -1.10. The summed E-state index contributed by atoms with van der Waals surface area (Å²) in [5.74, 6) is 0.747. The Kier molecular flexibility index (Phi) is 7.17. The van der Waals surface area contributed by atoms with Crippen LogP contribution in [0, 0.1) is 5.82 Å². The van der Waals surface area contributed by atoms with Gasteiger partial charge in [-0.05, 0) is 32.0 Å². The zero-order chi connectivity index (χ0) is 22.7. The number of benzene rings is 1. The van der Waals surface area contributed by atoms with Gasteiger partial charge in [0.1, 0.15) is 11.6 Å². The van der Waals surface area contributed by atoms with Crippen molar-refractivity contribution in [2.75, 3.05) is 49.7 Å². The van der Waals surface area contributed by atoms with Gasteiger partial charge in [0.25, 0.3) is 0 Å². The lowest BCUT2D eigenvalue weighted by molar-refractivity contribution is 0.122. The number of nitrogens with zero attached hydrogens (tertiary/aromatic N) is 4. The molecule has 0 bridgehead atoms. The highest BCUT2D eigenvalue weighted by molar-refractivity contribution is 5.64. The molecule has 0 spiro atoms. The van der Waals surface area contributed by atoms with E-state index >= 15 is 4.39 Å². The Morgan fingerprint density at radius 3 is 2.66 bits per heavy atom. The first-order chi connectivity index (χ1) is 15.5. The fourth-order valence-electron chi connectivity index (χ4n) is 3.98. The second-order valence-electron chi connectivity index (χ2n) is 8.31. The Morgan fingerprint density at radius 2 is 1.97 bits per heavy atom. The van der Waals surface area contributed by atoms with Crippen LogP contribution < -0.4 is 15.5 Å². The lowest BCUT2D eigenvalue weighted by atomic mass is 10.1. The van der Waals surface area contributed by atoms with Gasteiger partial charge in [0.2, 0.25) is 0 Å². The Morgan fingerprint density at radius 1 is 1.19 bits per heavy atom. The van der Waals surface area contributed by atoms with Crippen LogP contribution in [0.4, 0.5) is 15.9 Å². The molecule has 10 heteroatoms. The Bertz CT molecular complexity index is 938. The van der Waals surface area contributed by atoms with Crippen LogP contribution in [-0.4, -0.2) is 76.9 Å². The van der Waals surface area contributed by atoms with Crippen molar-refractivity contribution in [2.45, 2.75) is 39.3 Å². The van der Waals surface area contributed by atoms with Crippen LogP contribution in [0.3, 0.4) is 0 Å². The number of morpholine rings is 1. The van der Waals surface area contributed by atoms with Gasteiger partial charge in [-0.3, -0.25) is 10.2 Å². The minimum Gasteiger partial charge on any atom is -0.395 e. The monoisotopic (exact) mass is 446 g/mol. The van der Waals surface area contributed by atoms with E-state index in [0.717, 1.165) is 36.7 Å². The molecule has 0 saturated carbocycles. The first-order valence-corrected chi connectivity index (χ1v) is 11.0. The van der Waals surface area contributed by atoms with Crippen LogP contribution in [0.1, 0.15) is 25.1 Å². The van der Waals surface area contributed by atoms with Crippen molar-refractivity contribution >= 4 is 11.5 Å². The Hall–Kier alpha value is -2.37. The average Bonchev–Trinajstić information content (AvgIpc) is 3.22. The van der Waals surface area contributed by atoms with Crippen molar-refractivity contribution in [2.24, 2.45) is 0 Å². The van der Waals surface area contributed by atoms with Crippen molar-refractivity contribution in [3.8, 4) is 11.4 Å². The molecule has 0 amide bonds. The van der Waals surface area contributed by atoms with Crippen molar-refractivity contribution in [1.29, 1.82) is 0 Å². The molecule has 1 aromatic carbocycles. The number of fused-ring (bicyclic) bond motifs is 1. The highest BCUT2D eigenvalue weighted by atomic mass is 19.1. The smallest absolute Gasteiger partial charge is 0.181 e. The SMILES string of the molecule is CC(C)N1Cc2nc(-c3ccc(NC(O)NCCO)cc3F)nc(N3CCOCC3)c2C1. The molecule has 2 aliphatic heterocycles. The van der Waals surface area contributed by atoms with Gasteiger partial charge in [0.05, 0.1) is 31.1 Å². The number of nitrogens with one attached hydrogen (secondary N) is 2. The summed E-state index contributed by atoms with van der Waals surface area (Å²) < 4.78 is 20.6. The van der Waals surface area contributed by atoms with E-state index in [0.29, 0.717) is 42.9 Å². The molecule has 1 unspecified atom stereocenters. The summed E-state index contributed by atoms with van der Waals surface area (Å²) in [6, 6.07) is 4.98. The lowest BCUT2D eigenvalue weighted by Gasteiger charge is -2.29. The molecule has 32 heavy (non-hydrogen) atoms. The molecule has 4 N–H and O–H groups in total. The number of aromatic nitrogens is 2. The van der Waals surface area contributed by atoms with Gasteiger partial charge in [-0.1, -0.05) is 0 Å². The van der Waals surface area contributed by atoms with Crippen LogP contribution in [0.25, 0.3) is 11.4 Å². The third-order valence-electron chi connectivity index (χ3n) is 5.79. The third kappa shape index (κ3) is 5.00. The summed E-state index contributed by atoms with van der Waals surface area (Å²) >= 11 is 0. The second-order valence-corrected chi connectivity index (χ2v) is 8.31. The quantitative estimate of drug-likeness (QED) is 0.444. The number of aliphatic hydroxyl groups excluding tert-OH is 2. The number of hydrogen-bond acceptors (Lipinski definition) is 9. The van der Waals surface area contributed by atoms with E-state index in [1.54, 1.807) is 12.1 Å². The minimum atomic E-state index is -1.10. The lowest BCUT2D eigenvalue weighted by Crippen LogP contribution is -2.37. The summed E-state index contributed by atoms with van der Waals surface area (Å²) in [7, 11) is 0. The van der Waals surface area contributed by atoms with Crippen molar-refractivity contribution < 1.29 is 19.3 Å². The molecule has 174 valence electrons. The zero-order valence-electron chi connectivity index (χ0n) is 18.5. The summed E-state index contributed by atoms with van der Waals surface area (Å²) in [5.41, 5.74) is 2.77. The molecule has 0 radical (unpaired) electrons. The van der Waals surface area contributed by atoms with Crippen molar-refractivity contribution in [1.82, 2.24) is 20.2 Å². The van der Waals surface area contributed by atoms with Gasteiger partial charge in [0, 0.05) is 50.0 Å². The van der Waals surface area contributed by atoms with Crippen LogP contribution >= 0.6 is 0 Å². The van der Waals surface area contributed by atoms with Crippen molar-refractivity contribution in [3.05, 3.63) is 35.3 Å². The topological polar surface area (TPSA) is 106 Å². The summed E-state index contributed by atoms with van der Waals surface area (Å²) in [5, 5.41) is 24.1. The predicted octanol–water partition coefficient (Wildman–Crippen LogP) is 1.11. The zero-order valence-corrected chi connectivity index (χ0v) is 18.5. The molecular formula is C22H31FN6O3. The minimum absolute atomic E-state index is 0.110. The predicted molar refractivity (Wildman–Crippen MR) is 120 cm³/mol. The maximum atomic E-state index is 15.1. The van der Waals surface area contributed by atoms with Gasteiger partial charge in [0.15, 0.2) is 12.2 Å². The summed E-state index contributed by atoms with van der Waals surface area (Å²) in [6.45, 7) is 8.69. The molecule has 1 atom stereocenters. The van der Waals surface area contributed by atoms with Gasteiger partial charge in [-0.15, -0.1) is 0 Å². The largest absolute Gasteiger partial charge is 0.395 e. The molecule has 2 aliphatic rings. The van der Waals surface area contributed by atoms with E-state index in [-0.39, 0.29) is 13.2 Å². The molecule has 0 aliphatic carbocycles. The highest BCUT2D eigenvalue weighted by Crippen LogP contribution is 2.34. The first kappa shape index (κ1) is 22.8. The molecule has 1 saturated heterocycles. The van der Waals surface area contributed by atoms with Crippen LogP contribution in [0.5, 0.6) is 0 Å². The van der Waals surface area contributed by atoms with Gasteiger partial charge >= 0.3 is 0 Å². The standard InChI is InChI=1S/C22H31FN6O3/c1-14(2)29-12-17-19(13-29)26-20(27-21(17)28-6-9-32-10-7-28)16-4-3-15(11-18(16)23)25-22(31)24-5-8-30/h3-4,11,14,22,24-25,30-31H,5-10,12-13H2,1-2H3. The van der Waals surface area contributed by atoms with E-state index in [1.165, 1.54) is 6.07 Å². The van der Waals surface area contributed by atoms with Gasteiger partial charge in [-0.25, -0.2) is 14.4 Å². The first-order valence-electron chi connectivity index (χ1n) is 11.0. The average molecular weight is 447 g/mol. The Labute approximate surface area is 187 Å². The van der Waals surface area contributed by atoms with Crippen LogP contribution in [-0.2, 0) is 17.8 Å². The normalized spacial score (nSPS) is 17.6. The van der Waals surface area contributed by atoms with E-state index in [2.05, 4.69) is 34.3 Å². The number of hydrogen-bond donors (Lipinski definition) is 4. The maximum Gasteiger partial charge on any atom is 0.181 e. The van der Waals surface area contributed by atoms with Crippen molar-refractivity contribution in [3.63, 3.8) is 0 Å². The molecule has 4 rings (SSSR count). The molecular weight excluding hydrogens is 415 g/mol. The number of anilines is 2. The maximum absolute atomic E-state index is 15.1. The second kappa shape index (κ2) is 10.1. The number of ether oxygens (including phenoxy) is 1. The van der Waals surface area contributed by atoms with E-state index in [9.17, 15) is 5.11 Å². The van der Waals surface area contributed by atoms with Crippen LogP contribution in [0.2, 0.25) is 0 Å². The Balaban J connectivity index is 1.64. The summed E-state index contributed by atoms with van der Waals surface area (Å²) in [4.78, 5) is 14.1. The van der Waals surface area contributed by atoms with E-state index < -0.39 is 12.2 Å². The number of halogens is 1. The third-order valence-corrected chi connectivity index (χ3v) is 5.79. The fourth-order valence-corrected chi connectivity index (χ4v) is 3.98. The van der Waals surface area contributed by atoms with Crippen LogP contribution in [0.15, 0.2) is 18.2 Å². The molecule has 1 aromatic heterocycles. The highest BCUT2D eigenvalue weighted by Gasteiger charge is 2.30. The molecule has 1 fully saturated rings. The molecule has 3 heterocycles. The van der Waals surface area contributed by atoms with Gasteiger partial charge < -0.3 is 25.2 Å². The molecule has 2 aromatic rings.